The molecule has 1 aliphatic carbocycles. The molecule has 0 heterocycles. The molecule has 0 unspecified atom stereocenters. The zero-order chi connectivity index (χ0) is 15.2. The molecule has 6 heteroatoms. The SMILES string of the molecule is O=C1c2ccccc2-c2ccc(NC(=O)C(F)(F)F)cc21. The van der Waals surface area contributed by atoms with Gasteiger partial charge in [0.25, 0.3) is 0 Å². The quantitative estimate of drug-likeness (QED) is 0.747. The first-order valence-corrected chi connectivity index (χ1v) is 6.04. The van der Waals surface area contributed by atoms with E-state index in [0.29, 0.717) is 11.1 Å². The first-order valence-electron chi connectivity index (χ1n) is 6.04. The third kappa shape index (κ3) is 2.18. The summed E-state index contributed by atoms with van der Waals surface area (Å²) in [6, 6.07) is 11.1. The van der Waals surface area contributed by atoms with Crippen molar-refractivity contribution in [1.29, 1.82) is 0 Å². The molecule has 0 atom stereocenters. The van der Waals surface area contributed by atoms with Gasteiger partial charge in [0.2, 0.25) is 0 Å². The van der Waals surface area contributed by atoms with E-state index < -0.39 is 12.1 Å². The van der Waals surface area contributed by atoms with E-state index in [1.54, 1.807) is 29.6 Å². The molecule has 1 N–H and O–H groups in total. The van der Waals surface area contributed by atoms with Crippen molar-refractivity contribution in [3.63, 3.8) is 0 Å². The average molecular weight is 291 g/mol. The normalized spacial score (nSPS) is 12.8. The standard InChI is InChI=1S/C15H8F3NO2/c16-15(17,18)14(21)19-8-5-6-10-9-3-1-2-4-11(9)13(20)12(10)7-8/h1-7H,(H,19,21). The topological polar surface area (TPSA) is 46.2 Å². The van der Waals surface area contributed by atoms with Gasteiger partial charge < -0.3 is 5.32 Å². The van der Waals surface area contributed by atoms with E-state index >= 15 is 0 Å². The van der Waals surface area contributed by atoms with Gasteiger partial charge in [0.05, 0.1) is 0 Å². The van der Waals surface area contributed by atoms with Crippen LogP contribution in [-0.2, 0) is 4.79 Å². The molecule has 0 saturated carbocycles. The Bertz CT molecular complexity index is 766. The van der Waals surface area contributed by atoms with Crippen LogP contribution in [0.25, 0.3) is 11.1 Å². The zero-order valence-corrected chi connectivity index (χ0v) is 10.5. The third-order valence-corrected chi connectivity index (χ3v) is 3.24. The molecule has 0 radical (unpaired) electrons. The minimum absolute atomic E-state index is 0.0581. The molecule has 0 aromatic heterocycles. The van der Waals surface area contributed by atoms with Crippen LogP contribution in [0.2, 0.25) is 0 Å². The van der Waals surface area contributed by atoms with E-state index in [2.05, 4.69) is 0 Å². The van der Waals surface area contributed by atoms with Crippen LogP contribution in [-0.4, -0.2) is 17.9 Å². The van der Waals surface area contributed by atoms with Crippen molar-refractivity contribution < 1.29 is 22.8 Å². The minimum atomic E-state index is -4.97. The van der Waals surface area contributed by atoms with Crippen LogP contribution in [0.1, 0.15) is 15.9 Å². The number of carbonyl (C=O) groups is 2. The van der Waals surface area contributed by atoms with Crippen molar-refractivity contribution in [3.05, 3.63) is 53.6 Å². The van der Waals surface area contributed by atoms with Crippen LogP contribution >= 0.6 is 0 Å². The van der Waals surface area contributed by atoms with E-state index in [4.69, 9.17) is 0 Å². The fraction of sp³-hybridized carbons (Fsp3) is 0.0667. The second kappa shape index (κ2) is 4.44. The summed E-state index contributed by atoms with van der Waals surface area (Å²) in [6.45, 7) is 0. The van der Waals surface area contributed by atoms with Crippen molar-refractivity contribution in [3.8, 4) is 11.1 Å². The van der Waals surface area contributed by atoms with Crippen LogP contribution in [0.5, 0.6) is 0 Å². The van der Waals surface area contributed by atoms with Crippen molar-refractivity contribution in [2.24, 2.45) is 0 Å². The summed E-state index contributed by atoms with van der Waals surface area (Å²) >= 11 is 0. The molecule has 2 aromatic carbocycles. The van der Waals surface area contributed by atoms with Crippen molar-refractivity contribution in [2.45, 2.75) is 6.18 Å². The summed E-state index contributed by atoms with van der Waals surface area (Å²) in [4.78, 5) is 23.1. The molecular formula is C15H8F3NO2. The van der Waals surface area contributed by atoms with E-state index in [0.717, 1.165) is 5.56 Å². The molecule has 0 aliphatic heterocycles. The number of alkyl halides is 3. The number of hydrogen-bond donors (Lipinski definition) is 1. The van der Waals surface area contributed by atoms with Crippen LogP contribution < -0.4 is 5.32 Å². The lowest BCUT2D eigenvalue weighted by molar-refractivity contribution is -0.167. The summed E-state index contributed by atoms with van der Waals surface area (Å²) in [5.74, 6) is -2.32. The van der Waals surface area contributed by atoms with E-state index in [1.807, 2.05) is 0 Å². The Morgan fingerprint density at radius 3 is 2.19 bits per heavy atom. The number of halogens is 3. The maximum atomic E-state index is 12.2. The van der Waals surface area contributed by atoms with Gasteiger partial charge in [-0.1, -0.05) is 30.3 Å². The van der Waals surface area contributed by atoms with Gasteiger partial charge in [-0.3, -0.25) is 9.59 Å². The lowest BCUT2D eigenvalue weighted by atomic mass is 10.1. The van der Waals surface area contributed by atoms with E-state index in [1.165, 1.54) is 18.2 Å². The monoisotopic (exact) mass is 291 g/mol. The van der Waals surface area contributed by atoms with Crippen molar-refractivity contribution >= 4 is 17.4 Å². The number of hydrogen-bond acceptors (Lipinski definition) is 2. The van der Waals surface area contributed by atoms with Crippen molar-refractivity contribution in [1.82, 2.24) is 0 Å². The fourth-order valence-corrected chi connectivity index (χ4v) is 2.31. The highest BCUT2D eigenvalue weighted by atomic mass is 19.4. The molecular weight excluding hydrogens is 283 g/mol. The van der Waals surface area contributed by atoms with Gasteiger partial charge in [0, 0.05) is 16.8 Å². The molecule has 21 heavy (non-hydrogen) atoms. The number of anilines is 1. The largest absolute Gasteiger partial charge is 0.471 e. The van der Waals surface area contributed by atoms with Gasteiger partial charge in [0.15, 0.2) is 5.78 Å². The maximum Gasteiger partial charge on any atom is 0.471 e. The first-order chi connectivity index (χ1) is 9.88. The number of fused-ring (bicyclic) bond motifs is 3. The van der Waals surface area contributed by atoms with Gasteiger partial charge in [-0.15, -0.1) is 0 Å². The summed E-state index contributed by atoms with van der Waals surface area (Å²) in [5.41, 5.74) is 2.13. The molecule has 0 fully saturated rings. The third-order valence-electron chi connectivity index (χ3n) is 3.24. The Hall–Kier alpha value is -2.63. The predicted octanol–water partition coefficient (Wildman–Crippen LogP) is 3.40. The summed E-state index contributed by atoms with van der Waals surface area (Å²) in [6.07, 6.45) is -4.97. The Labute approximate surface area is 117 Å². The second-order valence-electron chi connectivity index (χ2n) is 4.59. The molecule has 1 aliphatic rings. The van der Waals surface area contributed by atoms with Crippen LogP contribution in [0.3, 0.4) is 0 Å². The molecule has 3 nitrogen and oxygen atoms in total. The smallest absolute Gasteiger partial charge is 0.318 e. The lowest BCUT2D eigenvalue weighted by Crippen LogP contribution is -2.29. The van der Waals surface area contributed by atoms with E-state index in [9.17, 15) is 22.8 Å². The molecule has 106 valence electrons. The average Bonchev–Trinajstić information content (AvgIpc) is 2.72. The zero-order valence-electron chi connectivity index (χ0n) is 10.5. The molecule has 0 bridgehead atoms. The van der Waals surface area contributed by atoms with Crippen LogP contribution in [0.15, 0.2) is 42.5 Å². The summed E-state index contributed by atoms with van der Waals surface area (Å²) < 4.78 is 36.7. The van der Waals surface area contributed by atoms with Gasteiger partial charge in [-0.2, -0.15) is 13.2 Å². The van der Waals surface area contributed by atoms with Gasteiger partial charge in [-0.05, 0) is 23.3 Å². The number of ketones is 1. The highest BCUT2D eigenvalue weighted by Crippen LogP contribution is 2.37. The number of benzene rings is 2. The lowest BCUT2D eigenvalue weighted by Gasteiger charge is -2.09. The Kier molecular flexibility index (Phi) is 2.83. The number of nitrogens with one attached hydrogen (secondary N) is 1. The molecule has 2 aromatic rings. The van der Waals surface area contributed by atoms with Gasteiger partial charge in [0.1, 0.15) is 0 Å². The highest BCUT2D eigenvalue weighted by molar-refractivity contribution is 6.22. The molecule has 3 rings (SSSR count). The first kappa shape index (κ1) is 13.4. The van der Waals surface area contributed by atoms with Crippen LogP contribution in [0.4, 0.5) is 18.9 Å². The number of amides is 1. The fourth-order valence-electron chi connectivity index (χ4n) is 2.31. The Morgan fingerprint density at radius 1 is 0.905 bits per heavy atom. The van der Waals surface area contributed by atoms with Gasteiger partial charge >= 0.3 is 12.1 Å². The molecule has 1 amide bonds. The minimum Gasteiger partial charge on any atom is -0.318 e. The van der Waals surface area contributed by atoms with Crippen molar-refractivity contribution in [2.75, 3.05) is 5.32 Å². The number of carbonyl (C=O) groups excluding carboxylic acids is 2. The molecule has 0 spiro atoms. The predicted molar refractivity (Wildman–Crippen MR) is 70.0 cm³/mol. The maximum absolute atomic E-state index is 12.2. The molecule has 0 saturated heterocycles. The highest BCUT2D eigenvalue weighted by Gasteiger charge is 2.39. The van der Waals surface area contributed by atoms with E-state index in [-0.39, 0.29) is 17.0 Å². The number of rotatable bonds is 1. The Morgan fingerprint density at radius 2 is 1.52 bits per heavy atom. The van der Waals surface area contributed by atoms with Gasteiger partial charge in [-0.25, -0.2) is 0 Å². The Balaban J connectivity index is 1.98. The second-order valence-corrected chi connectivity index (χ2v) is 4.59. The summed E-state index contributed by atoms with van der Waals surface area (Å²) in [7, 11) is 0. The van der Waals surface area contributed by atoms with Crippen LogP contribution in [0, 0.1) is 0 Å². The summed E-state index contributed by atoms with van der Waals surface area (Å²) in [5, 5.41) is 1.74.